The second kappa shape index (κ2) is 10.2. The zero-order valence-electron chi connectivity index (χ0n) is 15.1. The molecule has 0 unspecified atom stereocenters. The van der Waals surface area contributed by atoms with Crippen LogP contribution in [-0.4, -0.2) is 38.0 Å². The summed E-state index contributed by atoms with van der Waals surface area (Å²) in [5, 5.41) is 10.1. The lowest BCUT2D eigenvalue weighted by Crippen LogP contribution is -2.42. The molecule has 1 aromatic carbocycles. The molecule has 0 heterocycles. The minimum atomic E-state index is -0.533. The van der Waals surface area contributed by atoms with E-state index in [4.69, 9.17) is 11.6 Å². The predicted molar refractivity (Wildman–Crippen MR) is 102 cm³/mol. The van der Waals surface area contributed by atoms with E-state index in [1.165, 1.54) is 5.56 Å². The molecule has 24 heavy (non-hydrogen) atoms. The van der Waals surface area contributed by atoms with Crippen molar-refractivity contribution in [3.05, 3.63) is 34.9 Å². The molecular formula is C18H29ClN4O. The van der Waals surface area contributed by atoms with Crippen molar-refractivity contribution in [2.24, 2.45) is 10.4 Å². The molecule has 5 nitrogen and oxygen atoms in total. The van der Waals surface area contributed by atoms with Crippen LogP contribution in [0.1, 0.15) is 33.3 Å². The molecule has 0 aromatic heterocycles. The van der Waals surface area contributed by atoms with Gasteiger partial charge in [0.15, 0.2) is 5.96 Å². The van der Waals surface area contributed by atoms with Crippen molar-refractivity contribution in [2.45, 2.75) is 34.1 Å². The fourth-order valence-electron chi connectivity index (χ4n) is 2.07. The molecule has 0 radical (unpaired) electrons. The van der Waals surface area contributed by atoms with Gasteiger partial charge in [-0.25, -0.2) is 0 Å². The molecule has 3 N–H and O–H groups in total. The Balaban J connectivity index is 2.55. The van der Waals surface area contributed by atoms with Crippen LogP contribution in [0.3, 0.4) is 0 Å². The van der Waals surface area contributed by atoms with Crippen molar-refractivity contribution in [3.63, 3.8) is 0 Å². The molecule has 0 saturated heterocycles. The Morgan fingerprint density at radius 2 is 1.71 bits per heavy atom. The number of hydrogen-bond acceptors (Lipinski definition) is 2. The minimum Gasteiger partial charge on any atom is -0.357 e. The van der Waals surface area contributed by atoms with E-state index in [0.29, 0.717) is 13.1 Å². The monoisotopic (exact) mass is 352 g/mol. The molecule has 1 rings (SSSR count). The van der Waals surface area contributed by atoms with Gasteiger partial charge in [-0.2, -0.15) is 0 Å². The molecule has 0 bridgehead atoms. The summed E-state index contributed by atoms with van der Waals surface area (Å²) in [4.78, 5) is 16.6. The highest BCUT2D eigenvalue weighted by atomic mass is 35.5. The number of benzene rings is 1. The molecule has 1 aromatic rings. The molecule has 6 heteroatoms. The number of amides is 1. The summed E-state index contributed by atoms with van der Waals surface area (Å²) in [5.74, 6) is 0.745. The smallest absolute Gasteiger partial charge is 0.227 e. The van der Waals surface area contributed by atoms with Crippen molar-refractivity contribution < 1.29 is 4.79 Å². The van der Waals surface area contributed by atoms with Gasteiger partial charge < -0.3 is 16.0 Å². The summed E-state index contributed by atoms with van der Waals surface area (Å²) < 4.78 is 0. The van der Waals surface area contributed by atoms with Crippen LogP contribution in [0.2, 0.25) is 5.02 Å². The number of aliphatic imine (C=N–C) groups is 1. The van der Waals surface area contributed by atoms with Gasteiger partial charge in [0.05, 0.1) is 12.0 Å². The van der Waals surface area contributed by atoms with E-state index in [2.05, 4.69) is 20.9 Å². The zero-order valence-corrected chi connectivity index (χ0v) is 15.8. The standard InChI is InChI=1S/C18H29ClN4O/c1-5-20-16(24)18(3,4)13-23-17(21-6-2)22-12-11-14-7-9-15(19)10-8-14/h7-10H,5-6,11-13H2,1-4H3,(H,20,24)(H2,21,22,23). The molecule has 0 aliphatic heterocycles. The largest absolute Gasteiger partial charge is 0.357 e. The van der Waals surface area contributed by atoms with Crippen molar-refractivity contribution >= 4 is 23.5 Å². The molecule has 0 fully saturated rings. The summed E-state index contributed by atoms with van der Waals surface area (Å²) in [5.41, 5.74) is 0.680. The van der Waals surface area contributed by atoms with Crippen LogP contribution < -0.4 is 16.0 Å². The lowest BCUT2D eigenvalue weighted by Gasteiger charge is -2.22. The summed E-state index contributed by atoms with van der Waals surface area (Å²) in [6, 6.07) is 7.83. The maximum absolute atomic E-state index is 12.0. The maximum atomic E-state index is 12.0. The second-order valence-electron chi connectivity index (χ2n) is 6.24. The van der Waals surface area contributed by atoms with Crippen molar-refractivity contribution in [2.75, 3.05) is 26.2 Å². The quantitative estimate of drug-likeness (QED) is 0.497. The number of carbonyl (C=O) groups is 1. The van der Waals surface area contributed by atoms with Crippen molar-refractivity contribution in [3.8, 4) is 0 Å². The first-order chi connectivity index (χ1) is 11.4. The van der Waals surface area contributed by atoms with E-state index >= 15 is 0 Å². The molecule has 0 aliphatic carbocycles. The van der Waals surface area contributed by atoms with Gasteiger partial charge in [-0.15, -0.1) is 0 Å². The third kappa shape index (κ3) is 7.21. The predicted octanol–water partition coefficient (Wildman–Crippen LogP) is 2.60. The fourth-order valence-corrected chi connectivity index (χ4v) is 2.19. The van der Waals surface area contributed by atoms with Crippen LogP contribution in [-0.2, 0) is 11.2 Å². The maximum Gasteiger partial charge on any atom is 0.227 e. The summed E-state index contributed by atoms with van der Waals surface area (Å²) >= 11 is 5.89. The first-order valence-electron chi connectivity index (χ1n) is 8.44. The van der Waals surface area contributed by atoms with Gasteiger partial charge in [-0.3, -0.25) is 9.79 Å². The number of nitrogens with zero attached hydrogens (tertiary/aromatic N) is 1. The van der Waals surface area contributed by atoms with E-state index in [-0.39, 0.29) is 5.91 Å². The van der Waals surface area contributed by atoms with Gasteiger partial charge in [0.2, 0.25) is 5.91 Å². The normalized spacial score (nSPS) is 12.0. The Morgan fingerprint density at radius 1 is 1.08 bits per heavy atom. The summed E-state index contributed by atoms with van der Waals surface area (Å²) in [6.45, 7) is 10.3. The average Bonchev–Trinajstić information content (AvgIpc) is 2.54. The van der Waals surface area contributed by atoms with E-state index < -0.39 is 5.41 Å². The minimum absolute atomic E-state index is 0.0192. The SMILES string of the molecule is CCNC(=O)C(C)(C)CN=C(NCC)NCCc1ccc(Cl)cc1. The van der Waals surface area contributed by atoms with Gasteiger partial charge in [-0.05, 0) is 51.8 Å². The Morgan fingerprint density at radius 3 is 2.29 bits per heavy atom. The van der Waals surface area contributed by atoms with Crippen LogP contribution in [0.4, 0.5) is 0 Å². The first kappa shape index (κ1) is 20.3. The molecule has 134 valence electrons. The van der Waals surface area contributed by atoms with Crippen LogP contribution in [0.25, 0.3) is 0 Å². The Labute approximate surface area is 150 Å². The lowest BCUT2D eigenvalue weighted by molar-refractivity contribution is -0.128. The lowest BCUT2D eigenvalue weighted by atomic mass is 9.92. The van der Waals surface area contributed by atoms with Crippen LogP contribution in [0.15, 0.2) is 29.3 Å². The van der Waals surface area contributed by atoms with Gasteiger partial charge in [0.1, 0.15) is 0 Å². The Hall–Kier alpha value is -1.75. The van der Waals surface area contributed by atoms with E-state index in [1.807, 2.05) is 52.0 Å². The van der Waals surface area contributed by atoms with Gasteiger partial charge in [-0.1, -0.05) is 23.7 Å². The first-order valence-corrected chi connectivity index (χ1v) is 8.81. The Bertz CT molecular complexity index is 540. The third-order valence-corrected chi connectivity index (χ3v) is 3.80. The van der Waals surface area contributed by atoms with Gasteiger partial charge in [0.25, 0.3) is 0 Å². The third-order valence-electron chi connectivity index (χ3n) is 3.55. The number of nitrogens with one attached hydrogen (secondary N) is 3. The highest BCUT2D eigenvalue weighted by Crippen LogP contribution is 2.15. The van der Waals surface area contributed by atoms with Crippen LogP contribution in [0, 0.1) is 5.41 Å². The summed E-state index contributed by atoms with van der Waals surface area (Å²) in [6.07, 6.45) is 0.876. The molecule has 0 spiro atoms. The van der Waals surface area contributed by atoms with E-state index in [1.54, 1.807) is 0 Å². The summed E-state index contributed by atoms with van der Waals surface area (Å²) in [7, 11) is 0. The van der Waals surface area contributed by atoms with Gasteiger partial charge in [0, 0.05) is 24.7 Å². The topological polar surface area (TPSA) is 65.5 Å². The Kier molecular flexibility index (Phi) is 8.61. The van der Waals surface area contributed by atoms with E-state index in [9.17, 15) is 4.79 Å². The molecular weight excluding hydrogens is 324 g/mol. The van der Waals surface area contributed by atoms with Crippen LogP contribution in [0.5, 0.6) is 0 Å². The van der Waals surface area contributed by atoms with Crippen LogP contribution >= 0.6 is 11.6 Å². The number of rotatable bonds is 8. The number of carbonyl (C=O) groups excluding carboxylic acids is 1. The number of halogens is 1. The van der Waals surface area contributed by atoms with Crippen molar-refractivity contribution in [1.82, 2.24) is 16.0 Å². The zero-order chi connectivity index (χ0) is 18.0. The van der Waals surface area contributed by atoms with E-state index in [0.717, 1.165) is 30.5 Å². The molecule has 0 aliphatic rings. The molecule has 0 atom stereocenters. The molecule has 1 amide bonds. The fraction of sp³-hybridized carbons (Fsp3) is 0.556. The van der Waals surface area contributed by atoms with Crippen molar-refractivity contribution in [1.29, 1.82) is 0 Å². The highest BCUT2D eigenvalue weighted by Gasteiger charge is 2.26. The number of hydrogen-bond donors (Lipinski definition) is 3. The number of guanidine groups is 1. The molecule has 0 saturated carbocycles. The average molecular weight is 353 g/mol. The van der Waals surface area contributed by atoms with Gasteiger partial charge >= 0.3 is 0 Å². The second-order valence-corrected chi connectivity index (χ2v) is 6.68. The highest BCUT2D eigenvalue weighted by molar-refractivity contribution is 6.30.